The topological polar surface area (TPSA) is 69.7 Å². The van der Waals surface area contributed by atoms with Crippen LogP contribution in [-0.2, 0) is 0 Å². The smallest absolute Gasteiger partial charge is 0.429 e. The molecule has 1 radical (unpaired) electrons. The van der Waals surface area contributed by atoms with Gasteiger partial charge in [0.25, 0.3) is 0 Å². The lowest BCUT2D eigenvalue weighted by Crippen LogP contribution is -2.38. The third-order valence-electron chi connectivity index (χ3n) is 1.81. The van der Waals surface area contributed by atoms with Crippen molar-refractivity contribution in [1.82, 2.24) is 4.90 Å². The van der Waals surface area contributed by atoms with Crippen molar-refractivity contribution >= 4 is 24.9 Å². The molecule has 1 atom stereocenters. The minimum Gasteiger partial charge on any atom is -0.429 e. The molecule has 0 aromatic carbocycles. The molecule has 13 heavy (non-hydrogen) atoms. The first-order valence-corrected chi connectivity index (χ1v) is 4.68. The van der Waals surface area contributed by atoms with E-state index in [2.05, 4.69) is 4.90 Å². The lowest BCUT2D eigenvalue weighted by molar-refractivity contribution is 0.448. The van der Waals surface area contributed by atoms with Crippen LogP contribution < -0.4 is 5.73 Å². The highest BCUT2D eigenvalue weighted by molar-refractivity contribution is 7.80. The molecule has 0 amide bonds. The second kappa shape index (κ2) is 7.26. The predicted octanol–water partition coefficient (Wildman–Crippen LogP) is -0.738. The van der Waals surface area contributed by atoms with Gasteiger partial charge in [-0.3, -0.25) is 0 Å². The van der Waals surface area contributed by atoms with E-state index in [1.54, 1.807) is 0 Å². The first kappa shape index (κ1) is 12.8. The molecule has 75 valence electrons. The van der Waals surface area contributed by atoms with Crippen LogP contribution in [0.5, 0.6) is 0 Å². The number of rotatable bonds is 1. The molecule has 0 aromatic rings. The minimum absolute atomic E-state index is 0. The monoisotopic (exact) mass is 203 g/mol. The van der Waals surface area contributed by atoms with Gasteiger partial charge in [0.2, 0.25) is 0 Å². The Kier molecular flexibility index (Phi) is 7.17. The van der Waals surface area contributed by atoms with E-state index in [4.69, 9.17) is 28.0 Å². The van der Waals surface area contributed by atoms with Crippen molar-refractivity contribution in [2.75, 3.05) is 13.1 Å². The summed E-state index contributed by atoms with van der Waals surface area (Å²) >= 11 is 5.14. The second-order valence-electron chi connectivity index (χ2n) is 2.94. The first-order valence-electron chi connectivity index (χ1n) is 4.28. The van der Waals surface area contributed by atoms with Gasteiger partial charge in [-0.05, 0) is 19.8 Å². The zero-order valence-corrected chi connectivity index (χ0v) is 8.63. The summed E-state index contributed by atoms with van der Waals surface area (Å²) in [6, 6.07) is 0.0492. The molecular formula is C7H16BN2O2S. The van der Waals surface area contributed by atoms with Crippen molar-refractivity contribution < 1.29 is 10.0 Å². The molecule has 1 aliphatic heterocycles. The Labute approximate surface area is 85.0 Å². The van der Waals surface area contributed by atoms with Gasteiger partial charge in [0.1, 0.15) is 0 Å². The van der Waals surface area contributed by atoms with Crippen molar-refractivity contribution in [2.45, 2.75) is 25.8 Å². The van der Waals surface area contributed by atoms with E-state index in [0.717, 1.165) is 18.1 Å². The lowest BCUT2D eigenvalue weighted by atomic mass is 10.3. The zero-order valence-electron chi connectivity index (χ0n) is 7.81. The van der Waals surface area contributed by atoms with Gasteiger partial charge in [-0.1, -0.05) is 12.2 Å². The summed E-state index contributed by atoms with van der Waals surface area (Å²) in [5, 5.41) is 14.0. The number of thiocarbonyl (C=S) groups is 1. The predicted molar refractivity (Wildman–Crippen MR) is 57.2 cm³/mol. The largest absolute Gasteiger partial charge is 0.482 e. The van der Waals surface area contributed by atoms with Crippen LogP contribution in [0.2, 0.25) is 0 Å². The molecule has 1 saturated heterocycles. The Hall–Kier alpha value is -0.165. The van der Waals surface area contributed by atoms with Crippen molar-refractivity contribution in [2.24, 2.45) is 5.73 Å². The zero-order chi connectivity index (χ0) is 10.3. The number of likely N-dealkylation sites (tertiary alicyclic amines) is 1. The Balaban J connectivity index is 0.000000424. The van der Waals surface area contributed by atoms with Crippen molar-refractivity contribution in [3.05, 3.63) is 0 Å². The SMILES string of the molecule is CC(N)C(=S)N1CCCC1.O[B]O. The van der Waals surface area contributed by atoms with Gasteiger partial charge < -0.3 is 20.7 Å². The minimum atomic E-state index is 0. The Morgan fingerprint density at radius 2 is 1.85 bits per heavy atom. The standard InChI is InChI=1S/C7H14N2S.BH2O2/c1-6(8)7(10)9-4-2-3-5-9;2-1-3/h6H,2-5,8H2,1H3;2-3H. The maximum Gasteiger partial charge on any atom is 0.482 e. The van der Waals surface area contributed by atoms with Crippen LogP contribution in [0.4, 0.5) is 0 Å². The summed E-state index contributed by atoms with van der Waals surface area (Å²) in [6.45, 7) is 4.17. The van der Waals surface area contributed by atoms with Crippen molar-refractivity contribution in [3.63, 3.8) is 0 Å². The van der Waals surface area contributed by atoms with Crippen LogP contribution in [0.1, 0.15) is 19.8 Å². The summed E-state index contributed by atoms with van der Waals surface area (Å²) < 4.78 is 0. The average molecular weight is 203 g/mol. The van der Waals surface area contributed by atoms with Gasteiger partial charge in [-0.25, -0.2) is 0 Å². The molecule has 0 aromatic heterocycles. The van der Waals surface area contributed by atoms with E-state index in [1.807, 2.05) is 6.92 Å². The second-order valence-corrected chi connectivity index (χ2v) is 3.35. The van der Waals surface area contributed by atoms with E-state index < -0.39 is 0 Å². The fourth-order valence-corrected chi connectivity index (χ4v) is 1.41. The molecule has 1 unspecified atom stereocenters. The Morgan fingerprint density at radius 1 is 1.46 bits per heavy atom. The van der Waals surface area contributed by atoms with Gasteiger partial charge in [0, 0.05) is 13.1 Å². The molecule has 1 heterocycles. The van der Waals surface area contributed by atoms with Gasteiger partial charge in [0.05, 0.1) is 11.0 Å². The molecule has 1 aliphatic rings. The van der Waals surface area contributed by atoms with Gasteiger partial charge in [-0.15, -0.1) is 0 Å². The molecule has 6 heteroatoms. The third kappa shape index (κ3) is 5.20. The number of nitrogens with two attached hydrogens (primary N) is 1. The summed E-state index contributed by atoms with van der Waals surface area (Å²) in [7, 11) is 0. The van der Waals surface area contributed by atoms with Crippen molar-refractivity contribution in [3.8, 4) is 0 Å². The fraction of sp³-hybridized carbons (Fsp3) is 0.857. The molecule has 1 rings (SSSR count). The highest BCUT2D eigenvalue weighted by Gasteiger charge is 2.16. The molecule has 0 bridgehead atoms. The van der Waals surface area contributed by atoms with E-state index >= 15 is 0 Å². The molecule has 4 nitrogen and oxygen atoms in total. The van der Waals surface area contributed by atoms with Crippen LogP contribution in [-0.4, -0.2) is 46.8 Å². The summed E-state index contributed by atoms with van der Waals surface area (Å²) in [4.78, 5) is 3.14. The third-order valence-corrected chi connectivity index (χ3v) is 2.44. The Morgan fingerprint density at radius 3 is 2.15 bits per heavy atom. The highest BCUT2D eigenvalue weighted by atomic mass is 32.1. The van der Waals surface area contributed by atoms with Gasteiger partial charge in [-0.2, -0.15) is 0 Å². The van der Waals surface area contributed by atoms with E-state index in [0.29, 0.717) is 0 Å². The van der Waals surface area contributed by atoms with Gasteiger partial charge >= 0.3 is 7.69 Å². The molecular weight excluding hydrogens is 187 g/mol. The molecule has 4 N–H and O–H groups in total. The van der Waals surface area contributed by atoms with Crippen LogP contribution in [0.3, 0.4) is 0 Å². The van der Waals surface area contributed by atoms with Crippen LogP contribution in [0.25, 0.3) is 0 Å². The van der Waals surface area contributed by atoms with Crippen LogP contribution >= 0.6 is 12.2 Å². The average Bonchev–Trinajstić information content (AvgIpc) is 2.56. The van der Waals surface area contributed by atoms with E-state index in [-0.39, 0.29) is 13.7 Å². The highest BCUT2D eigenvalue weighted by Crippen LogP contribution is 2.09. The maximum atomic E-state index is 7.00. The fourth-order valence-electron chi connectivity index (χ4n) is 1.23. The summed E-state index contributed by atoms with van der Waals surface area (Å²) in [5.41, 5.74) is 5.63. The number of nitrogens with zero attached hydrogens (tertiary/aromatic N) is 1. The van der Waals surface area contributed by atoms with Crippen molar-refractivity contribution in [1.29, 1.82) is 0 Å². The maximum absolute atomic E-state index is 7.00. The van der Waals surface area contributed by atoms with Gasteiger partial charge in [0.15, 0.2) is 0 Å². The molecule has 0 saturated carbocycles. The summed E-state index contributed by atoms with van der Waals surface area (Å²) in [6.07, 6.45) is 2.54. The van der Waals surface area contributed by atoms with Crippen LogP contribution in [0, 0.1) is 0 Å². The van der Waals surface area contributed by atoms with E-state index in [1.165, 1.54) is 12.8 Å². The molecule has 1 fully saturated rings. The Bertz CT molecular complexity index is 151. The first-order chi connectivity index (χ1) is 6.13. The quantitative estimate of drug-likeness (QED) is 0.387. The van der Waals surface area contributed by atoms with Crippen LogP contribution in [0.15, 0.2) is 0 Å². The van der Waals surface area contributed by atoms with E-state index in [9.17, 15) is 0 Å². The number of hydrogen-bond acceptors (Lipinski definition) is 4. The molecule has 0 aliphatic carbocycles. The normalized spacial score (nSPS) is 17.4. The summed E-state index contributed by atoms with van der Waals surface area (Å²) in [5.74, 6) is 0. The number of hydrogen-bond donors (Lipinski definition) is 3. The molecule has 0 spiro atoms. The lowest BCUT2D eigenvalue weighted by Gasteiger charge is -2.20.